The number of hydrogen-bond acceptors (Lipinski definition) is 6. The van der Waals surface area contributed by atoms with Gasteiger partial charge in [0.2, 0.25) is 6.79 Å². The summed E-state index contributed by atoms with van der Waals surface area (Å²) in [6.07, 6.45) is 1.81. The van der Waals surface area contributed by atoms with E-state index in [0.717, 1.165) is 20.1 Å². The maximum absolute atomic E-state index is 13.2. The molecule has 2 aliphatic heterocycles. The Balaban J connectivity index is 1.35. The quantitative estimate of drug-likeness (QED) is 0.212. The van der Waals surface area contributed by atoms with Crippen molar-refractivity contribution in [2.45, 2.75) is 6.61 Å². The third-order valence-electron chi connectivity index (χ3n) is 5.02. The number of hydrogen-bond donors (Lipinski definition) is 0. The molecule has 0 saturated carbocycles. The van der Waals surface area contributed by atoms with Gasteiger partial charge in [0.1, 0.15) is 12.4 Å². The molecule has 5 rings (SSSR count). The first-order valence-corrected chi connectivity index (χ1v) is 13.1. The van der Waals surface area contributed by atoms with Gasteiger partial charge in [-0.1, -0.05) is 47.7 Å². The Morgan fingerprint density at radius 1 is 1.06 bits per heavy atom. The molecule has 2 aliphatic rings. The number of carbonyl (C=O) groups excluding carboxylic acids is 1. The molecular formula is C24H14Br2ClNO4S2. The standard InChI is InChI=1S/C24H14Br2ClNO4S2/c25-17-7-14(8-18(26)22(17)30-11-13-1-3-15(27)4-2-13)9-21-23(29)28(24(33)34-21)16-5-6-19-20(10-16)32-12-31-19/h1-10H,11-12H2/b21-9+. The van der Waals surface area contributed by atoms with Crippen LogP contribution >= 0.6 is 67.4 Å². The molecule has 3 aromatic rings. The molecule has 0 aliphatic carbocycles. The number of ether oxygens (including phenoxy) is 3. The molecule has 3 aromatic carbocycles. The summed E-state index contributed by atoms with van der Waals surface area (Å²) in [5.74, 6) is 1.72. The van der Waals surface area contributed by atoms with Gasteiger partial charge in [-0.2, -0.15) is 0 Å². The summed E-state index contributed by atoms with van der Waals surface area (Å²) in [7, 11) is 0. The smallest absolute Gasteiger partial charge is 0.270 e. The Labute approximate surface area is 227 Å². The van der Waals surface area contributed by atoms with E-state index in [1.165, 1.54) is 16.7 Å². The van der Waals surface area contributed by atoms with Gasteiger partial charge in [-0.3, -0.25) is 9.69 Å². The monoisotopic (exact) mass is 637 g/mol. The highest BCUT2D eigenvalue weighted by molar-refractivity contribution is 9.11. The van der Waals surface area contributed by atoms with Gasteiger partial charge in [-0.05, 0) is 85.5 Å². The SMILES string of the molecule is O=C1/C(=C\c2cc(Br)c(OCc3ccc(Cl)cc3)c(Br)c2)SC(=S)N1c1ccc2c(c1)OCO2. The van der Waals surface area contributed by atoms with Crippen molar-refractivity contribution < 1.29 is 19.0 Å². The van der Waals surface area contributed by atoms with Crippen LogP contribution in [0.4, 0.5) is 5.69 Å². The summed E-state index contributed by atoms with van der Waals surface area (Å²) < 4.78 is 18.7. The van der Waals surface area contributed by atoms with Crippen LogP contribution in [0.5, 0.6) is 17.2 Å². The van der Waals surface area contributed by atoms with Crippen LogP contribution in [-0.4, -0.2) is 17.0 Å². The van der Waals surface area contributed by atoms with Crippen LogP contribution in [0.1, 0.15) is 11.1 Å². The second-order valence-corrected chi connectivity index (χ2v) is 11.1. The summed E-state index contributed by atoms with van der Waals surface area (Å²) in [5.41, 5.74) is 2.46. The fraction of sp³-hybridized carbons (Fsp3) is 0.0833. The Kier molecular flexibility index (Phi) is 6.90. The van der Waals surface area contributed by atoms with Crippen molar-refractivity contribution in [2.75, 3.05) is 11.7 Å². The van der Waals surface area contributed by atoms with Crippen LogP contribution < -0.4 is 19.1 Å². The van der Waals surface area contributed by atoms with Crippen molar-refractivity contribution >= 4 is 89.4 Å². The van der Waals surface area contributed by atoms with Gasteiger partial charge in [0.05, 0.1) is 19.5 Å². The van der Waals surface area contributed by atoms with Gasteiger partial charge < -0.3 is 14.2 Å². The number of benzene rings is 3. The number of thiocarbonyl (C=S) groups is 1. The average Bonchev–Trinajstić information content (AvgIpc) is 3.37. The molecule has 2 heterocycles. The summed E-state index contributed by atoms with van der Waals surface area (Å²) in [5, 5.41) is 0.680. The fourth-order valence-corrected chi connectivity index (χ4v) is 6.28. The molecule has 0 unspecified atom stereocenters. The van der Waals surface area contributed by atoms with Gasteiger partial charge in [-0.15, -0.1) is 0 Å². The highest BCUT2D eigenvalue weighted by Crippen LogP contribution is 2.42. The van der Waals surface area contributed by atoms with Crippen molar-refractivity contribution in [3.63, 3.8) is 0 Å². The lowest BCUT2D eigenvalue weighted by molar-refractivity contribution is -0.113. The number of amides is 1. The van der Waals surface area contributed by atoms with E-state index in [1.807, 2.05) is 42.5 Å². The zero-order valence-electron chi connectivity index (χ0n) is 17.2. The van der Waals surface area contributed by atoms with Gasteiger partial charge in [0.25, 0.3) is 5.91 Å². The summed E-state index contributed by atoms with van der Waals surface area (Å²) in [6, 6.07) is 16.6. The molecule has 0 atom stereocenters. The average molecular weight is 640 g/mol. The number of fused-ring (bicyclic) bond motifs is 1. The molecule has 1 saturated heterocycles. The summed E-state index contributed by atoms with van der Waals surface area (Å²) in [6.45, 7) is 0.558. The topological polar surface area (TPSA) is 48.0 Å². The van der Waals surface area contributed by atoms with Crippen LogP contribution in [-0.2, 0) is 11.4 Å². The third-order valence-corrected chi connectivity index (χ3v) is 7.76. The predicted molar refractivity (Wildman–Crippen MR) is 146 cm³/mol. The molecule has 0 aromatic heterocycles. The molecule has 0 bridgehead atoms. The Morgan fingerprint density at radius 3 is 2.50 bits per heavy atom. The number of thioether (sulfide) groups is 1. The third kappa shape index (κ3) is 4.85. The van der Waals surface area contributed by atoms with Gasteiger partial charge in [0, 0.05) is 11.1 Å². The van der Waals surface area contributed by atoms with Crippen LogP contribution in [0.15, 0.2) is 68.4 Å². The van der Waals surface area contributed by atoms with Crippen LogP contribution in [0.2, 0.25) is 5.02 Å². The Morgan fingerprint density at radius 2 is 1.76 bits per heavy atom. The Hall–Kier alpha value is -2.04. The minimum absolute atomic E-state index is 0.167. The van der Waals surface area contributed by atoms with Crippen molar-refractivity contribution in [1.82, 2.24) is 0 Å². The normalized spacial score (nSPS) is 16.0. The highest BCUT2D eigenvalue weighted by atomic mass is 79.9. The van der Waals surface area contributed by atoms with Crippen molar-refractivity contribution in [3.8, 4) is 17.2 Å². The van der Waals surface area contributed by atoms with E-state index in [0.29, 0.717) is 43.8 Å². The molecule has 0 radical (unpaired) electrons. The zero-order valence-corrected chi connectivity index (χ0v) is 22.8. The lowest BCUT2D eigenvalue weighted by Crippen LogP contribution is -2.27. The molecule has 0 spiro atoms. The summed E-state index contributed by atoms with van der Waals surface area (Å²) in [4.78, 5) is 15.2. The number of rotatable bonds is 5. The number of carbonyl (C=O) groups is 1. The molecule has 0 N–H and O–H groups in total. The van der Waals surface area contributed by atoms with E-state index in [1.54, 1.807) is 18.2 Å². The van der Waals surface area contributed by atoms with Gasteiger partial charge >= 0.3 is 0 Å². The number of nitrogens with zero attached hydrogens (tertiary/aromatic N) is 1. The van der Waals surface area contributed by atoms with Crippen molar-refractivity contribution in [2.24, 2.45) is 0 Å². The van der Waals surface area contributed by atoms with Crippen LogP contribution in [0, 0.1) is 0 Å². The van der Waals surface area contributed by atoms with E-state index in [2.05, 4.69) is 31.9 Å². The molecule has 172 valence electrons. The lowest BCUT2D eigenvalue weighted by atomic mass is 10.2. The Bertz CT molecular complexity index is 1320. The predicted octanol–water partition coefficient (Wildman–Crippen LogP) is 7.58. The highest BCUT2D eigenvalue weighted by Gasteiger charge is 2.34. The number of anilines is 1. The fourth-order valence-electron chi connectivity index (χ4n) is 3.40. The van der Waals surface area contributed by atoms with Gasteiger partial charge in [-0.25, -0.2) is 0 Å². The summed E-state index contributed by atoms with van der Waals surface area (Å²) >= 11 is 19.8. The van der Waals surface area contributed by atoms with E-state index < -0.39 is 0 Å². The van der Waals surface area contributed by atoms with Crippen LogP contribution in [0.25, 0.3) is 6.08 Å². The van der Waals surface area contributed by atoms with E-state index in [4.69, 9.17) is 38.0 Å². The second kappa shape index (κ2) is 9.91. The van der Waals surface area contributed by atoms with E-state index in [-0.39, 0.29) is 12.7 Å². The molecule has 10 heteroatoms. The largest absolute Gasteiger partial charge is 0.487 e. The molecule has 5 nitrogen and oxygen atoms in total. The molecule has 1 fully saturated rings. The lowest BCUT2D eigenvalue weighted by Gasteiger charge is -2.14. The molecule has 1 amide bonds. The minimum atomic E-state index is -0.191. The first kappa shape index (κ1) is 23.7. The van der Waals surface area contributed by atoms with E-state index in [9.17, 15) is 4.79 Å². The van der Waals surface area contributed by atoms with Crippen molar-refractivity contribution in [1.29, 1.82) is 0 Å². The van der Waals surface area contributed by atoms with Gasteiger partial charge in [0.15, 0.2) is 15.8 Å². The van der Waals surface area contributed by atoms with E-state index >= 15 is 0 Å². The molecule has 34 heavy (non-hydrogen) atoms. The second-order valence-electron chi connectivity index (χ2n) is 7.28. The maximum Gasteiger partial charge on any atom is 0.270 e. The molecular weight excluding hydrogens is 626 g/mol. The zero-order chi connectivity index (χ0) is 23.8. The van der Waals surface area contributed by atoms with Crippen LogP contribution in [0.3, 0.4) is 0 Å². The first-order chi connectivity index (χ1) is 16.4. The first-order valence-electron chi connectivity index (χ1n) is 9.93. The minimum Gasteiger partial charge on any atom is -0.487 e. The maximum atomic E-state index is 13.2. The van der Waals surface area contributed by atoms with Crippen molar-refractivity contribution in [3.05, 3.63) is 84.6 Å². The number of halogens is 3.